The van der Waals surface area contributed by atoms with Crippen LogP contribution in [0.1, 0.15) is 54.0 Å². The van der Waals surface area contributed by atoms with Crippen molar-refractivity contribution < 1.29 is 13.2 Å². The zero-order valence-corrected chi connectivity index (χ0v) is 19.4. The van der Waals surface area contributed by atoms with Gasteiger partial charge in [0, 0.05) is 25.6 Å². The van der Waals surface area contributed by atoms with Gasteiger partial charge >= 0.3 is 0 Å². The van der Waals surface area contributed by atoms with E-state index in [4.69, 9.17) is 0 Å². The fourth-order valence-corrected chi connectivity index (χ4v) is 6.46. The third-order valence-corrected chi connectivity index (χ3v) is 8.84. The molecule has 4 rings (SSSR count). The first-order valence-electron chi connectivity index (χ1n) is 11.2. The van der Waals surface area contributed by atoms with E-state index in [-0.39, 0.29) is 28.3 Å². The van der Waals surface area contributed by atoms with Crippen LogP contribution in [0.2, 0.25) is 0 Å². The van der Waals surface area contributed by atoms with Gasteiger partial charge in [0.2, 0.25) is 15.9 Å². The number of nitrogens with zero attached hydrogens (tertiary/aromatic N) is 3. The second kappa shape index (κ2) is 9.05. The molecule has 2 fully saturated rings. The number of rotatable bonds is 4. The lowest BCUT2D eigenvalue weighted by Crippen LogP contribution is -2.44. The monoisotopic (exact) mass is 451 g/mol. The largest absolute Gasteiger partial charge is 0.335 e. The minimum Gasteiger partial charge on any atom is -0.335 e. The minimum absolute atomic E-state index is 0.0432. The Hall–Kier alpha value is -2.69. The second-order valence-electron chi connectivity index (χ2n) is 8.82. The molecule has 1 unspecified atom stereocenters. The van der Waals surface area contributed by atoms with E-state index in [9.17, 15) is 18.5 Å². The van der Waals surface area contributed by atoms with Gasteiger partial charge in [-0.05, 0) is 68.4 Å². The van der Waals surface area contributed by atoms with Gasteiger partial charge in [0.1, 0.15) is 6.07 Å². The van der Waals surface area contributed by atoms with Crippen LogP contribution in [0, 0.1) is 31.1 Å². The Morgan fingerprint density at radius 2 is 1.72 bits per heavy atom. The molecule has 1 atom stereocenters. The van der Waals surface area contributed by atoms with Crippen molar-refractivity contribution in [1.29, 1.82) is 5.26 Å². The molecule has 168 valence electrons. The van der Waals surface area contributed by atoms with Crippen LogP contribution in [-0.4, -0.2) is 43.2 Å². The first-order chi connectivity index (χ1) is 15.3. The van der Waals surface area contributed by atoms with E-state index < -0.39 is 10.0 Å². The first kappa shape index (κ1) is 22.5. The summed E-state index contributed by atoms with van der Waals surface area (Å²) < 4.78 is 27.6. The van der Waals surface area contributed by atoms with Crippen LogP contribution < -0.4 is 0 Å². The SMILES string of the molecule is Cc1ccc(C2CCCN2C(=O)C2CCN(S(=O)(=O)c3ccccc3C#N)CC2)cc1C. The third kappa shape index (κ3) is 4.17. The van der Waals surface area contributed by atoms with Gasteiger partial charge in [-0.15, -0.1) is 0 Å². The Labute approximate surface area is 190 Å². The maximum atomic E-state index is 13.4. The second-order valence-corrected chi connectivity index (χ2v) is 10.7. The van der Waals surface area contributed by atoms with Crippen LogP contribution in [0.4, 0.5) is 0 Å². The first-order valence-corrected chi connectivity index (χ1v) is 12.6. The van der Waals surface area contributed by atoms with Crippen molar-refractivity contribution in [3.8, 4) is 6.07 Å². The van der Waals surface area contributed by atoms with E-state index in [0.717, 1.165) is 19.4 Å². The van der Waals surface area contributed by atoms with Gasteiger partial charge in [0.15, 0.2) is 0 Å². The van der Waals surface area contributed by atoms with Gasteiger partial charge in [0.25, 0.3) is 0 Å². The van der Waals surface area contributed by atoms with E-state index in [2.05, 4.69) is 32.0 Å². The fourth-order valence-electron chi connectivity index (χ4n) is 4.85. The zero-order valence-electron chi connectivity index (χ0n) is 18.6. The summed E-state index contributed by atoms with van der Waals surface area (Å²) in [6.45, 7) is 5.53. The van der Waals surface area contributed by atoms with E-state index in [1.165, 1.54) is 33.1 Å². The molecule has 7 heteroatoms. The minimum atomic E-state index is -3.75. The van der Waals surface area contributed by atoms with Crippen molar-refractivity contribution in [3.05, 3.63) is 64.7 Å². The third-order valence-electron chi connectivity index (χ3n) is 6.88. The van der Waals surface area contributed by atoms with Crippen molar-refractivity contribution >= 4 is 15.9 Å². The van der Waals surface area contributed by atoms with Gasteiger partial charge < -0.3 is 4.90 Å². The van der Waals surface area contributed by atoms with Gasteiger partial charge in [-0.3, -0.25) is 4.79 Å². The van der Waals surface area contributed by atoms with E-state index in [0.29, 0.717) is 25.9 Å². The Morgan fingerprint density at radius 3 is 2.41 bits per heavy atom. The number of amides is 1. The van der Waals surface area contributed by atoms with E-state index in [1.54, 1.807) is 12.1 Å². The number of aryl methyl sites for hydroxylation is 2. The summed E-state index contributed by atoms with van der Waals surface area (Å²) >= 11 is 0. The lowest BCUT2D eigenvalue weighted by Gasteiger charge is -2.34. The molecule has 0 spiro atoms. The average Bonchev–Trinajstić information content (AvgIpc) is 3.30. The van der Waals surface area contributed by atoms with Crippen LogP contribution in [0.25, 0.3) is 0 Å². The van der Waals surface area contributed by atoms with E-state index in [1.807, 2.05) is 11.0 Å². The van der Waals surface area contributed by atoms with Crippen LogP contribution in [0.5, 0.6) is 0 Å². The standard InChI is InChI=1S/C25H29N3O3S/c1-18-9-10-21(16-19(18)2)23-7-5-13-28(23)25(29)20-11-14-27(15-12-20)32(30,31)24-8-4-3-6-22(24)17-26/h3-4,6,8-10,16,20,23H,5,7,11-15H2,1-2H3. The highest BCUT2D eigenvalue weighted by atomic mass is 32.2. The van der Waals surface area contributed by atoms with Gasteiger partial charge in [-0.25, -0.2) is 8.42 Å². The number of likely N-dealkylation sites (tertiary alicyclic amines) is 1. The highest BCUT2D eigenvalue weighted by molar-refractivity contribution is 7.89. The van der Waals surface area contributed by atoms with Crippen LogP contribution in [-0.2, 0) is 14.8 Å². The number of hydrogen-bond acceptors (Lipinski definition) is 4. The lowest BCUT2D eigenvalue weighted by molar-refractivity contribution is -0.137. The molecule has 32 heavy (non-hydrogen) atoms. The van der Waals surface area contributed by atoms with E-state index >= 15 is 0 Å². The molecule has 0 aromatic heterocycles. The van der Waals surface area contributed by atoms with Crippen molar-refractivity contribution in [1.82, 2.24) is 9.21 Å². The molecule has 2 aliphatic heterocycles. The molecular formula is C25H29N3O3S. The quantitative estimate of drug-likeness (QED) is 0.705. The number of carbonyl (C=O) groups is 1. The number of hydrogen-bond donors (Lipinski definition) is 0. The number of sulfonamides is 1. The Bertz CT molecular complexity index is 1160. The molecule has 2 saturated heterocycles. The predicted octanol–water partition coefficient (Wildman–Crippen LogP) is 3.94. The fraction of sp³-hybridized carbons (Fsp3) is 0.440. The summed E-state index contributed by atoms with van der Waals surface area (Å²) in [5.41, 5.74) is 3.82. The molecule has 2 aromatic carbocycles. The Balaban J connectivity index is 1.45. The molecule has 6 nitrogen and oxygen atoms in total. The summed E-state index contributed by atoms with van der Waals surface area (Å²) in [7, 11) is -3.75. The molecule has 2 heterocycles. The summed E-state index contributed by atoms with van der Waals surface area (Å²) in [6, 6.07) is 14.8. The molecular weight excluding hydrogens is 422 g/mol. The molecule has 0 aliphatic carbocycles. The van der Waals surface area contributed by atoms with Gasteiger partial charge in [-0.1, -0.05) is 30.3 Å². The summed E-state index contributed by atoms with van der Waals surface area (Å²) in [5, 5.41) is 9.28. The molecule has 0 saturated carbocycles. The number of nitriles is 1. The molecule has 1 amide bonds. The van der Waals surface area contributed by atoms with Crippen LogP contribution in [0.3, 0.4) is 0 Å². The average molecular weight is 452 g/mol. The van der Waals surface area contributed by atoms with Gasteiger partial charge in [-0.2, -0.15) is 9.57 Å². The Morgan fingerprint density at radius 1 is 1.00 bits per heavy atom. The maximum Gasteiger partial charge on any atom is 0.244 e. The highest BCUT2D eigenvalue weighted by Crippen LogP contribution is 2.36. The predicted molar refractivity (Wildman–Crippen MR) is 122 cm³/mol. The highest BCUT2D eigenvalue weighted by Gasteiger charge is 2.38. The number of carbonyl (C=O) groups excluding carboxylic acids is 1. The van der Waals surface area contributed by atoms with Gasteiger partial charge in [0.05, 0.1) is 16.5 Å². The topological polar surface area (TPSA) is 81.5 Å². The zero-order chi connectivity index (χ0) is 22.9. The van der Waals surface area contributed by atoms with Crippen molar-refractivity contribution in [3.63, 3.8) is 0 Å². The van der Waals surface area contributed by atoms with Crippen molar-refractivity contribution in [2.24, 2.45) is 5.92 Å². The number of piperidine rings is 1. The van der Waals surface area contributed by atoms with Crippen LogP contribution >= 0.6 is 0 Å². The summed E-state index contributed by atoms with van der Waals surface area (Å²) in [6.07, 6.45) is 2.96. The molecule has 0 radical (unpaired) electrons. The lowest BCUT2D eigenvalue weighted by atomic mass is 9.94. The van der Waals surface area contributed by atoms with Crippen LogP contribution in [0.15, 0.2) is 47.4 Å². The van der Waals surface area contributed by atoms with Crippen molar-refractivity contribution in [2.75, 3.05) is 19.6 Å². The summed E-state index contributed by atoms with van der Waals surface area (Å²) in [5.74, 6) is -0.0278. The summed E-state index contributed by atoms with van der Waals surface area (Å²) in [4.78, 5) is 15.4. The maximum absolute atomic E-state index is 13.4. The molecule has 2 aromatic rings. The molecule has 0 bridgehead atoms. The normalized spacial score (nSPS) is 20.3. The smallest absolute Gasteiger partial charge is 0.244 e. The Kier molecular flexibility index (Phi) is 6.36. The molecule has 2 aliphatic rings. The molecule has 0 N–H and O–H groups in total. The number of benzene rings is 2. The van der Waals surface area contributed by atoms with Crippen molar-refractivity contribution in [2.45, 2.75) is 50.5 Å².